The molecule has 0 radical (unpaired) electrons. The Hall–Kier alpha value is -1.82. The Morgan fingerprint density at radius 1 is 0.773 bits per heavy atom. The minimum atomic E-state index is 1.26. The van der Waals surface area contributed by atoms with Crippen LogP contribution in [0.1, 0.15) is 61.0 Å². The van der Waals surface area contributed by atoms with E-state index < -0.39 is 0 Å². The highest BCUT2D eigenvalue weighted by atomic mass is 14.1. The maximum atomic E-state index is 2.18. The highest BCUT2D eigenvalue weighted by Gasteiger charge is 2.04. The van der Waals surface area contributed by atoms with E-state index in [2.05, 4.69) is 88.4 Å². The summed E-state index contributed by atoms with van der Waals surface area (Å²) in [5.41, 5.74) is 5.12. The molecule has 0 spiro atoms. The van der Waals surface area contributed by atoms with Crippen LogP contribution >= 0.6 is 0 Å². The standard InChI is InChI=1S/C18H22.2C2H6/c1-5-11-16(7-3)15(4)18(12-6-2)17-13-9-8-10-14-17;2*1-2/h5-14H,1-4H3;2*1-2H3/b11-5-,12-6-,16-7+,18-15-;;. The molecule has 1 rings (SSSR count). The molecule has 0 nitrogen and oxygen atoms in total. The summed E-state index contributed by atoms with van der Waals surface area (Å²) in [5, 5.41) is 0. The van der Waals surface area contributed by atoms with Crippen molar-refractivity contribution in [2.75, 3.05) is 0 Å². The highest BCUT2D eigenvalue weighted by Crippen LogP contribution is 2.25. The van der Waals surface area contributed by atoms with Crippen molar-refractivity contribution in [1.29, 1.82) is 0 Å². The minimum Gasteiger partial charge on any atom is -0.0871 e. The van der Waals surface area contributed by atoms with Gasteiger partial charge in [0.25, 0.3) is 0 Å². The summed E-state index contributed by atoms with van der Waals surface area (Å²) in [6.07, 6.45) is 10.7. The maximum absolute atomic E-state index is 2.18. The maximum Gasteiger partial charge on any atom is -0.0152 e. The van der Waals surface area contributed by atoms with Gasteiger partial charge in [-0.25, -0.2) is 0 Å². The highest BCUT2D eigenvalue weighted by molar-refractivity contribution is 5.79. The lowest BCUT2D eigenvalue weighted by atomic mass is 9.95. The number of allylic oxidation sites excluding steroid dienone is 8. The third kappa shape index (κ3) is 7.83. The van der Waals surface area contributed by atoms with Crippen molar-refractivity contribution >= 4 is 5.57 Å². The second-order valence-electron chi connectivity index (χ2n) is 4.15. The second kappa shape index (κ2) is 15.6. The van der Waals surface area contributed by atoms with Crippen LogP contribution in [-0.4, -0.2) is 0 Å². The lowest BCUT2D eigenvalue weighted by Gasteiger charge is -2.10. The molecule has 0 bridgehead atoms. The summed E-state index contributed by atoms with van der Waals surface area (Å²) >= 11 is 0. The van der Waals surface area contributed by atoms with Gasteiger partial charge in [-0.1, -0.05) is 88.4 Å². The molecule has 0 N–H and O–H groups in total. The zero-order valence-corrected chi connectivity index (χ0v) is 15.8. The fourth-order valence-corrected chi connectivity index (χ4v) is 1.99. The quantitative estimate of drug-likeness (QED) is 0.502. The van der Waals surface area contributed by atoms with E-state index in [4.69, 9.17) is 0 Å². The van der Waals surface area contributed by atoms with Gasteiger partial charge in [0.1, 0.15) is 0 Å². The van der Waals surface area contributed by atoms with Crippen molar-refractivity contribution in [3.05, 3.63) is 77.4 Å². The predicted molar refractivity (Wildman–Crippen MR) is 105 cm³/mol. The van der Waals surface area contributed by atoms with Crippen molar-refractivity contribution in [3.8, 4) is 0 Å². The van der Waals surface area contributed by atoms with Crippen molar-refractivity contribution in [2.45, 2.75) is 55.4 Å². The van der Waals surface area contributed by atoms with Crippen LogP contribution in [0.4, 0.5) is 0 Å². The first-order chi connectivity index (χ1) is 10.7. The monoisotopic (exact) mass is 298 g/mol. The number of hydrogen-bond acceptors (Lipinski definition) is 0. The van der Waals surface area contributed by atoms with Gasteiger partial charge in [-0.3, -0.25) is 0 Å². The third-order valence-corrected chi connectivity index (χ3v) is 2.91. The summed E-state index contributed by atoms with van der Waals surface area (Å²) in [4.78, 5) is 0. The fourth-order valence-electron chi connectivity index (χ4n) is 1.99. The van der Waals surface area contributed by atoms with E-state index in [1.807, 2.05) is 27.7 Å². The summed E-state index contributed by atoms with van der Waals surface area (Å²) < 4.78 is 0. The van der Waals surface area contributed by atoms with Crippen LogP contribution in [0, 0.1) is 0 Å². The van der Waals surface area contributed by atoms with E-state index in [0.717, 1.165) is 0 Å². The van der Waals surface area contributed by atoms with E-state index in [0.29, 0.717) is 0 Å². The molecule has 0 saturated heterocycles. The Bertz CT molecular complexity index is 482. The van der Waals surface area contributed by atoms with E-state index in [9.17, 15) is 0 Å². The molecule has 122 valence electrons. The van der Waals surface area contributed by atoms with Gasteiger partial charge in [0, 0.05) is 0 Å². The second-order valence-corrected chi connectivity index (χ2v) is 4.15. The number of rotatable bonds is 4. The van der Waals surface area contributed by atoms with Gasteiger partial charge in [-0.05, 0) is 50.0 Å². The van der Waals surface area contributed by atoms with Crippen molar-refractivity contribution < 1.29 is 0 Å². The molecular formula is C22H34. The van der Waals surface area contributed by atoms with Crippen LogP contribution in [0.25, 0.3) is 5.57 Å². The zero-order chi connectivity index (χ0) is 17.4. The molecule has 0 heteroatoms. The van der Waals surface area contributed by atoms with Gasteiger partial charge in [0.2, 0.25) is 0 Å². The Kier molecular flexibility index (Phi) is 15.9. The Balaban J connectivity index is 0. The number of benzene rings is 1. The van der Waals surface area contributed by atoms with E-state index in [-0.39, 0.29) is 0 Å². The lowest BCUT2D eigenvalue weighted by molar-refractivity contribution is 1.39. The molecule has 0 aromatic heterocycles. The van der Waals surface area contributed by atoms with Gasteiger partial charge >= 0.3 is 0 Å². The molecule has 0 heterocycles. The average molecular weight is 299 g/mol. The average Bonchev–Trinajstić information content (AvgIpc) is 2.61. The van der Waals surface area contributed by atoms with Gasteiger partial charge < -0.3 is 0 Å². The summed E-state index contributed by atoms with van der Waals surface area (Å²) in [5.74, 6) is 0. The Morgan fingerprint density at radius 3 is 1.68 bits per heavy atom. The van der Waals surface area contributed by atoms with Crippen molar-refractivity contribution in [1.82, 2.24) is 0 Å². The van der Waals surface area contributed by atoms with Gasteiger partial charge in [-0.2, -0.15) is 0 Å². The molecule has 0 saturated carbocycles. The predicted octanol–water partition coefficient (Wildman–Crippen LogP) is 7.61. The van der Waals surface area contributed by atoms with E-state index >= 15 is 0 Å². The molecule has 0 unspecified atom stereocenters. The molecule has 0 fully saturated rings. The third-order valence-electron chi connectivity index (χ3n) is 2.91. The van der Waals surface area contributed by atoms with Crippen LogP contribution in [-0.2, 0) is 0 Å². The molecule has 0 aliphatic carbocycles. The normalized spacial score (nSPS) is 12.3. The first-order valence-electron chi connectivity index (χ1n) is 8.43. The fraction of sp³-hybridized carbons (Fsp3) is 0.364. The van der Waals surface area contributed by atoms with Crippen LogP contribution in [0.3, 0.4) is 0 Å². The molecule has 1 aromatic carbocycles. The topological polar surface area (TPSA) is 0 Å². The van der Waals surface area contributed by atoms with Crippen molar-refractivity contribution in [3.63, 3.8) is 0 Å². The van der Waals surface area contributed by atoms with Gasteiger partial charge in [0.15, 0.2) is 0 Å². The van der Waals surface area contributed by atoms with Gasteiger partial charge in [0.05, 0.1) is 0 Å². The molecular weight excluding hydrogens is 264 g/mol. The lowest BCUT2D eigenvalue weighted by Crippen LogP contribution is -1.89. The Morgan fingerprint density at radius 2 is 1.27 bits per heavy atom. The van der Waals surface area contributed by atoms with Crippen molar-refractivity contribution in [2.24, 2.45) is 0 Å². The molecule has 22 heavy (non-hydrogen) atoms. The molecule has 0 aliphatic heterocycles. The van der Waals surface area contributed by atoms with Gasteiger partial charge in [-0.15, -0.1) is 0 Å². The summed E-state index contributed by atoms with van der Waals surface area (Å²) in [7, 11) is 0. The molecule has 1 aromatic rings. The van der Waals surface area contributed by atoms with E-state index in [1.54, 1.807) is 0 Å². The first kappa shape index (κ1) is 22.5. The largest absolute Gasteiger partial charge is 0.0871 e. The SMILES string of the molecule is CC.CC.C\C=C/C(=C(C)/C(/C=C\C)=C/C)c1ccccc1. The first-order valence-corrected chi connectivity index (χ1v) is 8.43. The van der Waals surface area contributed by atoms with Crippen LogP contribution < -0.4 is 0 Å². The summed E-state index contributed by atoms with van der Waals surface area (Å²) in [6, 6.07) is 10.5. The smallest absolute Gasteiger partial charge is 0.0152 e. The summed E-state index contributed by atoms with van der Waals surface area (Å²) in [6.45, 7) is 16.4. The van der Waals surface area contributed by atoms with Crippen LogP contribution in [0.5, 0.6) is 0 Å². The van der Waals surface area contributed by atoms with Crippen LogP contribution in [0.2, 0.25) is 0 Å². The van der Waals surface area contributed by atoms with Crippen LogP contribution in [0.15, 0.2) is 71.9 Å². The van der Waals surface area contributed by atoms with E-state index in [1.165, 1.54) is 22.3 Å². The Labute approximate surface area is 139 Å². The number of hydrogen-bond donors (Lipinski definition) is 0. The molecule has 0 amide bonds. The minimum absolute atomic E-state index is 1.26. The molecule has 0 aliphatic rings. The zero-order valence-electron chi connectivity index (χ0n) is 15.8. The molecule has 0 atom stereocenters.